The van der Waals surface area contributed by atoms with Gasteiger partial charge in [0.25, 0.3) is 0 Å². The zero-order valence-corrected chi connectivity index (χ0v) is 15.1. The maximum absolute atomic E-state index is 11.7. The van der Waals surface area contributed by atoms with Crippen molar-refractivity contribution in [2.45, 2.75) is 74.1 Å². The Bertz CT molecular complexity index is 370. The Kier molecular flexibility index (Phi) is 15.8. The molecule has 0 N–H and O–H groups in total. The van der Waals surface area contributed by atoms with Gasteiger partial charge in [-0.3, -0.25) is 0 Å². The first-order valence-electron chi connectivity index (χ1n) is 8.45. The molecule has 0 radical (unpaired) electrons. The molecule has 0 bridgehead atoms. The van der Waals surface area contributed by atoms with Crippen LogP contribution < -0.4 is 0 Å². The van der Waals surface area contributed by atoms with E-state index in [2.05, 4.69) is 13.8 Å². The van der Waals surface area contributed by atoms with Crippen molar-refractivity contribution < 1.29 is 9.53 Å². The normalized spacial score (nSPS) is 8.90. The Morgan fingerprint density at radius 2 is 1.67 bits per heavy atom. The molecule has 1 rings (SSSR count). The molecule has 2 heteroatoms. The molecule has 0 aliphatic carbocycles. The predicted octanol–water partition coefficient (Wildman–Crippen LogP) is 5.96. The summed E-state index contributed by atoms with van der Waals surface area (Å²) in [5, 5.41) is 0. The van der Waals surface area contributed by atoms with Gasteiger partial charge < -0.3 is 4.74 Å². The first-order valence-corrected chi connectivity index (χ1v) is 8.45. The molecule has 2 nitrogen and oxygen atoms in total. The molecule has 0 heterocycles. The van der Waals surface area contributed by atoms with Crippen LogP contribution in [0, 0.1) is 6.92 Å². The Morgan fingerprint density at radius 1 is 1.05 bits per heavy atom. The summed E-state index contributed by atoms with van der Waals surface area (Å²) in [6.07, 6.45) is 4.20. The monoisotopic (exact) mass is 294 g/mol. The van der Waals surface area contributed by atoms with Crippen LogP contribution in [-0.4, -0.2) is 12.6 Å². The van der Waals surface area contributed by atoms with Crippen LogP contribution in [0.1, 0.15) is 82.3 Å². The summed E-state index contributed by atoms with van der Waals surface area (Å²) >= 11 is 0. The minimum Gasteiger partial charge on any atom is -0.462 e. The van der Waals surface area contributed by atoms with E-state index in [9.17, 15) is 4.79 Å². The minimum absolute atomic E-state index is 0.202. The van der Waals surface area contributed by atoms with Crippen molar-refractivity contribution >= 4 is 5.97 Å². The summed E-state index contributed by atoms with van der Waals surface area (Å²) in [7, 11) is 0. The highest BCUT2D eigenvalue weighted by atomic mass is 16.5. The van der Waals surface area contributed by atoms with Gasteiger partial charge in [-0.25, -0.2) is 4.79 Å². The molecule has 0 aliphatic heterocycles. The van der Waals surface area contributed by atoms with Gasteiger partial charge in [-0.15, -0.1) is 0 Å². The second kappa shape index (κ2) is 15.1. The van der Waals surface area contributed by atoms with Crippen molar-refractivity contribution in [2.75, 3.05) is 6.61 Å². The van der Waals surface area contributed by atoms with Crippen molar-refractivity contribution in [1.29, 1.82) is 0 Å². The number of carbonyl (C=O) groups excluding carboxylic acids is 1. The molecule has 21 heavy (non-hydrogen) atoms. The van der Waals surface area contributed by atoms with Crippen LogP contribution in [0.3, 0.4) is 0 Å². The largest absolute Gasteiger partial charge is 0.462 e. The lowest BCUT2D eigenvalue weighted by Crippen LogP contribution is -2.07. The standard InChI is InChI=1S/C15H22O2.2C2H6/c1-4-6-7-10-17-15(16)14-9-8-13(5-2)12(3)11-14;2*1-2/h8-9,11H,4-7,10H2,1-3H3;2*1-2H3. The molecule has 122 valence electrons. The van der Waals surface area contributed by atoms with Crippen LogP contribution in [0.15, 0.2) is 18.2 Å². The van der Waals surface area contributed by atoms with Crippen LogP contribution >= 0.6 is 0 Å². The summed E-state index contributed by atoms with van der Waals surface area (Å²) < 4.78 is 5.22. The van der Waals surface area contributed by atoms with Crippen molar-refractivity contribution in [3.63, 3.8) is 0 Å². The Morgan fingerprint density at radius 3 is 2.14 bits per heavy atom. The van der Waals surface area contributed by atoms with Gasteiger partial charge in [-0.1, -0.05) is 60.5 Å². The highest BCUT2D eigenvalue weighted by Gasteiger charge is 2.08. The number of hydrogen-bond acceptors (Lipinski definition) is 2. The fraction of sp³-hybridized carbons (Fsp3) is 0.632. The van der Waals surface area contributed by atoms with Gasteiger partial charge in [-0.2, -0.15) is 0 Å². The summed E-state index contributed by atoms with van der Waals surface area (Å²) in [4.78, 5) is 11.7. The first kappa shape index (κ1) is 22.0. The quantitative estimate of drug-likeness (QED) is 0.478. The molecule has 0 atom stereocenters. The van der Waals surface area contributed by atoms with Crippen molar-refractivity contribution in [3.05, 3.63) is 34.9 Å². The third kappa shape index (κ3) is 9.28. The van der Waals surface area contributed by atoms with E-state index in [1.807, 2.05) is 52.8 Å². The average Bonchev–Trinajstić information content (AvgIpc) is 2.55. The lowest BCUT2D eigenvalue weighted by molar-refractivity contribution is 0.0498. The molecule has 0 spiro atoms. The van der Waals surface area contributed by atoms with E-state index in [4.69, 9.17) is 4.74 Å². The van der Waals surface area contributed by atoms with Gasteiger partial charge in [-0.05, 0) is 43.0 Å². The molecule has 0 aromatic heterocycles. The van der Waals surface area contributed by atoms with Crippen LogP contribution in [0.25, 0.3) is 0 Å². The third-order valence-electron chi connectivity index (χ3n) is 2.94. The number of rotatable bonds is 6. The van der Waals surface area contributed by atoms with Crippen molar-refractivity contribution in [1.82, 2.24) is 0 Å². The molecule has 0 saturated heterocycles. The Labute approximate surface area is 131 Å². The predicted molar refractivity (Wildman–Crippen MR) is 93.1 cm³/mol. The number of ether oxygens (including phenoxy) is 1. The number of aryl methyl sites for hydroxylation is 2. The number of unbranched alkanes of at least 4 members (excludes halogenated alkanes) is 2. The SMILES string of the molecule is CC.CC.CCCCCOC(=O)c1ccc(CC)c(C)c1. The Hall–Kier alpha value is -1.31. The zero-order valence-electron chi connectivity index (χ0n) is 15.1. The van der Waals surface area contributed by atoms with Crippen molar-refractivity contribution in [2.24, 2.45) is 0 Å². The summed E-state index contributed by atoms with van der Waals surface area (Å²) in [6.45, 7) is 14.8. The summed E-state index contributed by atoms with van der Waals surface area (Å²) in [5.41, 5.74) is 3.11. The first-order chi connectivity index (χ1) is 10.2. The molecule has 0 aliphatic rings. The highest BCUT2D eigenvalue weighted by molar-refractivity contribution is 5.89. The molecule has 0 unspecified atom stereocenters. The number of benzene rings is 1. The van der Waals surface area contributed by atoms with Crippen LogP contribution in [0.2, 0.25) is 0 Å². The summed E-state index contributed by atoms with van der Waals surface area (Å²) in [6, 6.07) is 5.78. The molecule has 1 aromatic carbocycles. The van der Waals surface area contributed by atoms with E-state index in [0.29, 0.717) is 12.2 Å². The van der Waals surface area contributed by atoms with Gasteiger partial charge in [0.15, 0.2) is 0 Å². The zero-order chi connectivity index (χ0) is 16.7. The Balaban J connectivity index is 0. The van der Waals surface area contributed by atoms with Gasteiger partial charge >= 0.3 is 5.97 Å². The molecular weight excluding hydrogens is 260 g/mol. The van der Waals surface area contributed by atoms with E-state index in [1.165, 1.54) is 5.56 Å². The van der Waals surface area contributed by atoms with E-state index in [0.717, 1.165) is 31.2 Å². The number of hydrogen-bond donors (Lipinski definition) is 0. The van der Waals surface area contributed by atoms with Gasteiger partial charge in [0, 0.05) is 0 Å². The lowest BCUT2D eigenvalue weighted by Gasteiger charge is -2.07. The van der Waals surface area contributed by atoms with Gasteiger partial charge in [0.1, 0.15) is 0 Å². The molecular formula is C19H34O2. The van der Waals surface area contributed by atoms with E-state index in [-0.39, 0.29) is 5.97 Å². The van der Waals surface area contributed by atoms with Crippen LogP contribution in [0.5, 0.6) is 0 Å². The number of carbonyl (C=O) groups is 1. The second-order valence-electron chi connectivity index (χ2n) is 4.34. The maximum atomic E-state index is 11.7. The number of esters is 1. The highest BCUT2D eigenvalue weighted by Crippen LogP contribution is 2.12. The fourth-order valence-electron chi connectivity index (χ4n) is 1.82. The average molecular weight is 294 g/mol. The smallest absolute Gasteiger partial charge is 0.338 e. The molecule has 1 aromatic rings. The maximum Gasteiger partial charge on any atom is 0.338 e. The molecule has 0 fully saturated rings. The summed E-state index contributed by atoms with van der Waals surface area (Å²) in [5.74, 6) is -0.202. The third-order valence-corrected chi connectivity index (χ3v) is 2.94. The van der Waals surface area contributed by atoms with Crippen LogP contribution in [-0.2, 0) is 11.2 Å². The molecule has 0 amide bonds. The fourth-order valence-corrected chi connectivity index (χ4v) is 1.82. The van der Waals surface area contributed by atoms with E-state index < -0.39 is 0 Å². The van der Waals surface area contributed by atoms with Gasteiger partial charge in [0.05, 0.1) is 12.2 Å². The van der Waals surface area contributed by atoms with Crippen molar-refractivity contribution in [3.8, 4) is 0 Å². The van der Waals surface area contributed by atoms with Crippen LogP contribution in [0.4, 0.5) is 0 Å². The topological polar surface area (TPSA) is 26.3 Å². The van der Waals surface area contributed by atoms with E-state index >= 15 is 0 Å². The minimum atomic E-state index is -0.202. The molecule has 0 saturated carbocycles. The lowest BCUT2D eigenvalue weighted by atomic mass is 10.0. The second-order valence-corrected chi connectivity index (χ2v) is 4.34. The van der Waals surface area contributed by atoms with Gasteiger partial charge in [0.2, 0.25) is 0 Å². The van der Waals surface area contributed by atoms with E-state index in [1.54, 1.807) is 0 Å².